The highest BCUT2D eigenvalue weighted by Crippen LogP contribution is 2.30. The Morgan fingerprint density at radius 1 is 1.53 bits per heavy atom. The van der Waals surface area contributed by atoms with Crippen LogP contribution in [0.3, 0.4) is 0 Å². The molecule has 90 valence electrons. The number of aromatic carboxylic acids is 1. The number of hydrogen-bond donors (Lipinski definition) is 1. The maximum absolute atomic E-state index is 11.1. The summed E-state index contributed by atoms with van der Waals surface area (Å²) in [7, 11) is 1.69. The van der Waals surface area contributed by atoms with Gasteiger partial charge in [-0.3, -0.25) is 4.68 Å². The van der Waals surface area contributed by atoms with Gasteiger partial charge in [-0.05, 0) is 25.6 Å². The zero-order valence-corrected chi connectivity index (χ0v) is 10.4. The van der Waals surface area contributed by atoms with Gasteiger partial charge in [-0.25, -0.2) is 9.78 Å². The molecule has 0 aromatic carbocycles. The molecule has 0 spiro atoms. The van der Waals surface area contributed by atoms with Crippen LogP contribution in [0.2, 0.25) is 0 Å². The van der Waals surface area contributed by atoms with Gasteiger partial charge in [0.1, 0.15) is 16.9 Å². The molecule has 0 amide bonds. The first kappa shape index (κ1) is 11.7. The van der Waals surface area contributed by atoms with E-state index in [2.05, 4.69) is 10.1 Å². The lowest BCUT2D eigenvalue weighted by molar-refractivity contribution is 0.0692. The third kappa shape index (κ3) is 2.19. The summed E-state index contributed by atoms with van der Waals surface area (Å²) in [5.74, 6) is -0.999. The van der Waals surface area contributed by atoms with Crippen LogP contribution in [-0.2, 0) is 7.05 Å². The molecule has 0 fully saturated rings. The Morgan fingerprint density at radius 3 is 2.76 bits per heavy atom. The van der Waals surface area contributed by atoms with Crippen molar-refractivity contribution >= 4 is 17.7 Å². The summed E-state index contributed by atoms with van der Waals surface area (Å²) < 4.78 is 6.70. The van der Waals surface area contributed by atoms with Crippen LogP contribution in [-0.4, -0.2) is 25.8 Å². The number of aromatic nitrogens is 3. The van der Waals surface area contributed by atoms with Gasteiger partial charge in [0.2, 0.25) is 0 Å². The first-order valence-corrected chi connectivity index (χ1v) is 5.67. The van der Waals surface area contributed by atoms with Crippen molar-refractivity contribution < 1.29 is 14.3 Å². The van der Waals surface area contributed by atoms with Crippen LogP contribution in [0, 0.1) is 13.8 Å². The highest BCUT2D eigenvalue weighted by Gasteiger charge is 2.21. The Balaban J connectivity index is 2.41. The fourth-order valence-electron chi connectivity index (χ4n) is 1.46. The molecule has 0 unspecified atom stereocenters. The molecule has 0 bridgehead atoms. The van der Waals surface area contributed by atoms with Crippen LogP contribution in [0.5, 0.6) is 0 Å². The molecule has 2 rings (SSSR count). The summed E-state index contributed by atoms with van der Waals surface area (Å²) >= 11 is 1.15. The van der Waals surface area contributed by atoms with Crippen LogP contribution >= 0.6 is 11.8 Å². The smallest absolute Gasteiger partial charge is 0.340 e. The summed E-state index contributed by atoms with van der Waals surface area (Å²) in [6.07, 6.45) is 1.52. The number of aryl methyl sites for hydroxylation is 3. The van der Waals surface area contributed by atoms with E-state index in [1.165, 1.54) is 10.9 Å². The molecule has 2 aromatic heterocycles. The highest BCUT2D eigenvalue weighted by molar-refractivity contribution is 7.99. The highest BCUT2D eigenvalue weighted by atomic mass is 32.2. The van der Waals surface area contributed by atoms with Crippen LogP contribution in [0.1, 0.15) is 21.7 Å². The second-order valence-electron chi connectivity index (χ2n) is 3.55. The Morgan fingerprint density at radius 2 is 2.24 bits per heavy atom. The van der Waals surface area contributed by atoms with E-state index < -0.39 is 5.97 Å². The third-order valence-corrected chi connectivity index (χ3v) is 3.19. The number of hydrogen-bond acceptors (Lipinski definition) is 5. The van der Waals surface area contributed by atoms with Crippen molar-refractivity contribution in [2.24, 2.45) is 7.05 Å². The van der Waals surface area contributed by atoms with Gasteiger partial charge >= 0.3 is 5.97 Å². The molecule has 0 radical (unpaired) electrons. The van der Waals surface area contributed by atoms with Crippen molar-refractivity contribution in [3.63, 3.8) is 0 Å². The van der Waals surface area contributed by atoms with Gasteiger partial charge in [0, 0.05) is 7.05 Å². The van der Waals surface area contributed by atoms with Crippen LogP contribution < -0.4 is 0 Å². The number of carboxylic acid groups (broad SMARTS) is 1. The number of carbonyl (C=O) groups is 1. The van der Waals surface area contributed by atoms with Crippen molar-refractivity contribution in [3.8, 4) is 0 Å². The number of nitrogens with zero attached hydrogens (tertiary/aromatic N) is 3. The first-order chi connectivity index (χ1) is 7.99. The first-order valence-electron chi connectivity index (χ1n) is 4.86. The molecule has 2 aromatic rings. The molecule has 0 atom stereocenters. The molecule has 1 N–H and O–H groups in total. The average molecular weight is 253 g/mol. The van der Waals surface area contributed by atoms with E-state index in [9.17, 15) is 4.79 Å². The Labute approximate surface area is 102 Å². The molecular formula is C10H11N3O3S. The van der Waals surface area contributed by atoms with E-state index in [0.29, 0.717) is 15.9 Å². The molecule has 17 heavy (non-hydrogen) atoms. The minimum absolute atomic E-state index is 0.188. The summed E-state index contributed by atoms with van der Waals surface area (Å²) in [6.45, 7) is 3.47. The lowest BCUT2D eigenvalue weighted by Crippen LogP contribution is -2.00. The lowest BCUT2D eigenvalue weighted by atomic mass is 10.3. The summed E-state index contributed by atoms with van der Waals surface area (Å²) in [6, 6.07) is 0. The number of rotatable bonds is 3. The van der Waals surface area contributed by atoms with E-state index >= 15 is 0 Å². The van der Waals surface area contributed by atoms with Gasteiger partial charge in [0.25, 0.3) is 5.22 Å². The van der Waals surface area contributed by atoms with E-state index in [-0.39, 0.29) is 5.56 Å². The van der Waals surface area contributed by atoms with E-state index in [1.54, 1.807) is 20.9 Å². The predicted molar refractivity (Wildman–Crippen MR) is 60.3 cm³/mol. The van der Waals surface area contributed by atoms with E-state index in [0.717, 1.165) is 17.5 Å². The van der Waals surface area contributed by atoms with Gasteiger partial charge in [-0.15, -0.1) is 0 Å². The second-order valence-corrected chi connectivity index (χ2v) is 4.49. The summed E-state index contributed by atoms with van der Waals surface area (Å²) in [5, 5.41) is 14.1. The Hall–Kier alpha value is -1.76. The summed E-state index contributed by atoms with van der Waals surface area (Å²) in [5.41, 5.74) is 1.42. The van der Waals surface area contributed by atoms with Crippen LogP contribution in [0.4, 0.5) is 0 Å². The maximum Gasteiger partial charge on any atom is 0.340 e. The minimum atomic E-state index is -0.999. The number of carboxylic acids is 1. The molecule has 0 aliphatic carbocycles. The molecule has 0 aliphatic rings. The van der Waals surface area contributed by atoms with E-state index in [1.807, 2.05) is 0 Å². The van der Waals surface area contributed by atoms with Crippen molar-refractivity contribution in [1.82, 2.24) is 14.8 Å². The van der Waals surface area contributed by atoms with Crippen molar-refractivity contribution in [1.29, 1.82) is 0 Å². The molecule has 0 aliphatic heterocycles. The van der Waals surface area contributed by atoms with E-state index in [4.69, 9.17) is 9.52 Å². The second kappa shape index (κ2) is 4.25. The normalized spacial score (nSPS) is 10.8. The fourth-order valence-corrected chi connectivity index (χ4v) is 2.42. The van der Waals surface area contributed by atoms with Gasteiger partial charge < -0.3 is 9.52 Å². The molecule has 2 heterocycles. The largest absolute Gasteiger partial charge is 0.478 e. The monoisotopic (exact) mass is 253 g/mol. The fraction of sp³-hybridized carbons (Fsp3) is 0.300. The average Bonchev–Trinajstić information content (AvgIpc) is 2.72. The van der Waals surface area contributed by atoms with Gasteiger partial charge in [0.05, 0.1) is 11.4 Å². The third-order valence-electron chi connectivity index (χ3n) is 2.17. The zero-order valence-electron chi connectivity index (χ0n) is 9.59. The SMILES string of the molecule is Cc1coc(Sc2c(C(=O)O)c(C)nn2C)n1. The molecular weight excluding hydrogens is 242 g/mol. The Kier molecular flexibility index (Phi) is 2.93. The van der Waals surface area contributed by atoms with Crippen molar-refractivity contribution in [3.05, 3.63) is 23.2 Å². The van der Waals surface area contributed by atoms with Crippen molar-refractivity contribution in [2.75, 3.05) is 0 Å². The lowest BCUT2D eigenvalue weighted by Gasteiger charge is -1.99. The number of oxazole rings is 1. The molecule has 7 heteroatoms. The van der Waals surface area contributed by atoms with Crippen LogP contribution in [0.25, 0.3) is 0 Å². The van der Waals surface area contributed by atoms with Gasteiger partial charge in [0.15, 0.2) is 0 Å². The molecule has 0 saturated heterocycles. The van der Waals surface area contributed by atoms with Crippen LogP contribution in [0.15, 0.2) is 20.9 Å². The summed E-state index contributed by atoms with van der Waals surface area (Å²) in [4.78, 5) is 15.3. The standard InChI is InChI=1S/C10H11N3O3S/c1-5-4-16-10(11-5)17-8-7(9(14)15)6(2)12-13(8)3/h4H,1-3H3,(H,14,15). The van der Waals surface area contributed by atoms with Gasteiger partial charge in [-0.1, -0.05) is 0 Å². The Bertz CT molecular complexity index is 573. The topological polar surface area (TPSA) is 81.1 Å². The van der Waals surface area contributed by atoms with Gasteiger partial charge in [-0.2, -0.15) is 5.10 Å². The minimum Gasteiger partial charge on any atom is -0.478 e. The molecule has 0 saturated carbocycles. The quantitative estimate of drug-likeness (QED) is 0.899. The van der Waals surface area contributed by atoms with Crippen molar-refractivity contribution in [2.45, 2.75) is 24.1 Å². The predicted octanol–water partition coefficient (Wildman–Crippen LogP) is 1.87. The maximum atomic E-state index is 11.1. The molecule has 6 nitrogen and oxygen atoms in total. The zero-order chi connectivity index (χ0) is 12.6.